The largest absolute Gasteiger partial charge is 0.444 e. The van der Waals surface area contributed by atoms with Gasteiger partial charge in [0.05, 0.1) is 6.04 Å². The van der Waals surface area contributed by atoms with E-state index < -0.39 is 5.60 Å². The van der Waals surface area contributed by atoms with E-state index in [4.69, 9.17) is 4.74 Å². The molecule has 1 aromatic heterocycles. The van der Waals surface area contributed by atoms with E-state index >= 15 is 0 Å². The molecule has 2 aliphatic rings. The van der Waals surface area contributed by atoms with Gasteiger partial charge in [0.25, 0.3) is 0 Å². The topological polar surface area (TPSA) is 54.5 Å². The van der Waals surface area contributed by atoms with Crippen molar-refractivity contribution in [3.63, 3.8) is 0 Å². The number of amides is 1. The molecule has 2 heterocycles. The highest BCUT2D eigenvalue weighted by molar-refractivity contribution is 5.69. The van der Waals surface area contributed by atoms with Crippen molar-refractivity contribution >= 4 is 11.9 Å². The van der Waals surface area contributed by atoms with Crippen molar-refractivity contribution in [1.82, 2.24) is 9.88 Å². The van der Waals surface area contributed by atoms with Crippen LogP contribution in [0.2, 0.25) is 0 Å². The fourth-order valence-electron chi connectivity index (χ4n) is 2.45. The molecule has 114 valence electrons. The van der Waals surface area contributed by atoms with Crippen LogP contribution in [0.3, 0.4) is 0 Å². The SMILES string of the molecule is CC(C)(C)OC(=O)N1CC(Nc2cc(C3CC3)ccn2)C1. The van der Waals surface area contributed by atoms with Crippen LogP contribution >= 0.6 is 0 Å². The number of anilines is 1. The zero-order valence-electron chi connectivity index (χ0n) is 12.9. The number of hydrogen-bond acceptors (Lipinski definition) is 4. The Morgan fingerprint density at radius 2 is 2.10 bits per heavy atom. The molecule has 1 saturated heterocycles. The van der Waals surface area contributed by atoms with Crippen LogP contribution in [0.25, 0.3) is 0 Å². The van der Waals surface area contributed by atoms with Crippen molar-refractivity contribution < 1.29 is 9.53 Å². The van der Waals surface area contributed by atoms with Crippen LogP contribution in [0, 0.1) is 0 Å². The summed E-state index contributed by atoms with van der Waals surface area (Å²) in [5.74, 6) is 1.64. The van der Waals surface area contributed by atoms with Crippen molar-refractivity contribution in [2.24, 2.45) is 0 Å². The lowest BCUT2D eigenvalue weighted by atomic mass is 10.1. The Balaban J connectivity index is 1.48. The van der Waals surface area contributed by atoms with Gasteiger partial charge >= 0.3 is 6.09 Å². The molecule has 3 rings (SSSR count). The molecule has 1 N–H and O–H groups in total. The standard InChI is InChI=1S/C16H23N3O2/c1-16(2,3)21-15(20)19-9-13(10-19)18-14-8-12(6-7-17-14)11-4-5-11/h6-8,11,13H,4-5,9-10H2,1-3H3,(H,17,18). The maximum atomic E-state index is 11.9. The Hall–Kier alpha value is -1.78. The van der Waals surface area contributed by atoms with Gasteiger partial charge in [-0.1, -0.05) is 0 Å². The molecule has 1 amide bonds. The molecule has 0 spiro atoms. The molecule has 2 fully saturated rings. The first-order chi connectivity index (χ1) is 9.90. The smallest absolute Gasteiger partial charge is 0.410 e. The Morgan fingerprint density at radius 3 is 2.71 bits per heavy atom. The van der Waals surface area contributed by atoms with Crippen LogP contribution in [-0.4, -0.2) is 40.7 Å². The lowest BCUT2D eigenvalue weighted by Gasteiger charge is -2.40. The normalized spacial score (nSPS) is 19.1. The number of carbonyl (C=O) groups excluding carboxylic acids is 1. The van der Waals surface area contributed by atoms with Crippen molar-refractivity contribution in [3.8, 4) is 0 Å². The average Bonchev–Trinajstić information content (AvgIpc) is 3.15. The molecule has 1 saturated carbocycles. The van der Waals surface area contributed by atoms with E-state index in [1.807, 2.05) is 27.0 Å². The minimum atomic E-state index is -0.435. The van der Waals surface area contributed by atoms with Crippen molar-refractivity contribution in [2.75, 3.05) is 18.4 Å². The minimum absolute atomic E-state index is 0.236. The summed E-state index contributed by atoms with van der Waals surface area (Å²) < 4.78 is 5.34. The van der Waals surface area contributed by atoms with Gasteiger partial charge in [-0.3, -0.25) is 0 Å². The highest BCUT2D eigenvalue weighted by Gasteiger charge is 2.34. The van der Waals surface area contributed by atoms with Crippen molar-refractivity contribution in [2.45, 2.75) is 51.2 Å². The molecule has 0 bridgehead atoms. The van der Waals surface area contributed by atoms with E-state index in [1.54, 1.807) is 4.90 Å². The molecular formula is C16H23N3O2. The second-order valence-electron chi connectivity index (χ2n) is 6.98. The first-order valence-corrected chi connectivity index (χ1v) is 7.61. The Labute approximate surface area is 125 Å². The summed E-state index contributed by atoms with van der Waals surface area (Å²) in [5, 5.41) is 3.39. The maximum absolute atomic E-state index is 11.9. The summed E-state index contributed by atoms with van der Waals surface area (Å²) >= 11 is 0. The molecule has 21 heavy (non-hydrogen) atoms. The highest BCUT2D eigenvalue weighted by Crippen LogP contribution is 2.40. The van der Waals surface area contributed by atoms with Crippen LogP contribution < -0.4 is 5.32 Å². The van der Waals surface area contributed by atoms with Gasteiger partial charge in [-0.2, -0.15) is 0 Å². The Morgan fingerprint density at radius 1 is 1.38 bits per heavy atom. The summed E-state index contributed by atoms with van der Waals surface area (Å²) in [4.78, 5) is 17.9. The summed E-state index contributed by atoms with van der Waals surface area (Å²) in [6.45, 7) is 6.99. The molecule has 0 atom stereocenters. The zero-order chi connectivity index (χ0) is 15.0. The lowest BCUT2D eigenvalue weighted by Crippen LogP contribution is -2.58. The Bertz CT molecular complexity index is 529. The van der Waals surface area contributed by atoms with Crippen LogP contribution in [0.15, 0.2) is 18.3 Å². The van der Waals surface area contributed by atoms with Gasteiger partial charge in [0.2, 0.25) is 0 Å². The molecule has 1 aliphatic heterocycles. The number of rotatable bonds is 3. The first-order valence-electron chi connectivity index (χ1n) is 7.61. The quantitative estimate of drug-likeness (QED) is 0.929. The number of pyridine rings is 1. The number of ether oxygens (including phenoxy) is 1. The third-order valence-corrected chi connectivity index (χ3v) is 3.72. The third kappa shape index (κ3) is 3.65. The summed E-state index contributed by atoms with van der Waals surface area (Å²) in [7, 11) is 0. The van der Waals surface area contributed by atoms with E-state index in [0.29, 0.717) is 13.1 Å². The number of aromatic nitrogens is 1. The van der Waals surface area contributed by atoms with Crippen molar-refractivity contribution in [3.05, 3.63) is 23.9 Å². The van der Waals surface area contributed by atoms with Gasteiger partial charge in [0.1, 0.15) is 11.4 Å². The third-order valence-electron chi connectivity index (χ3n) is 3.72. The van der Waals surface area contributed by atoms with Crippen LogP contribution in [0.5, 0.6) is 0 Å². The van der Waals surface area contributed by atoms with Gasteiger partial charge in [-0.15, -0.1) is 0 Å². The van der Waals surface area contributed by atoms with Crippen LogP contribution in [-0.2, 0) is 4.74 Å². The van der Waals surface area contributed by atoms with Gasteiger partial charge in [-0.25, -0.2) is 9.78 Å². The second kappa shape index (κ2) is 5.20. The second-order valence-corrected chi connectivity index (χ2v) is 6.98. The fraction of sp³-hybridized carbons (Fsp3) is 0.625. The predicted molar refractivity (Wildman–Crippen MR) is 81.4 cm³/mol. The number of hydrogen-bond donors (Lipinski definition) is 1. The number of nitrogens with one attached hydrogen (secondary N) is 1. The molecule has 0 aromatic carbocycles. The highest BCUT2D eigenvalue weighted by atomic mass is 16.6. The van der Waals surface area contributed by atoms with Crippen LogP contribution in [0.1, 0.15) is 45.1 Å². The summed E-state index contributed by atoms with van der Waals surface area (Å²) in [6.07, 6.45) is 4.21. The van der Waals surface area contributed by atoms with Crippen molar-refractivity contribution in [1.29, 1.82) is 0 Å². The van der Waals surface area contributed by atoms with Crippen LogP contribution in [0.4, 0.5) is 10.6 Å². The van der Waals surface area contributed by atoms with Gasteiger partial charge in [0.15, 0.2) is 0 Å². The monoisotopic (exact) mass is 289 g/mol. The molecule has 0 unspecified atom stereocenters. The van der Waals surface area contributed by atoms with E-state index in [9.17, 15) is 4.79 Å². The maximum Gasteiger partial charge on any atom is 0.410 e. The number of nitrogens with zero attached hydrogens (tertiary/aromatic N) is 2. The lowest BCUT2D eigenvalue weighted by molar-refractivity contribution is 0.0104. The molecule has 0 radical (unpaired) electrons. The van der Waals surface area contributed by atoms with Gasteiger partial charge in [-0.05, 0) is 57.2 Å². The zero-order valence-corrected chi connectivity index (χ0v) is 12.9. The van der Waals surface area contributed by atoms with Gasteiger partial charge < -0.3 is 15.0 Å². The fourth-order valence-corrected chi connectivity index (χ4v) is 2.45. The summed E-state index contributed by atoms with van der Waals surface area (Å²) in [6, 6.07) is 4.49. The molecule has 5 heteroatoms. The van der Waals surface area contributed by atoms with E-state index in [-0.39, 0.29) is 12.1 Å². The van der Waals surface area contributed by atoms with E-state index in [0.717, 1.165) is 11.7 Å². The average molecular weight is 289 g/mol. The summed E-state index contributed by atoms with van der Waals surface area (Å²) in [5.41, 5.74) is 0.936. The molecule has 1 aromatic rings. The molecule has 1 aliphatic carbocycles. The Kier molecular flexibility index (Phi) is 3.51. The number of carbonyl (C=O) groups is 1. The first kappa shape index (κ1) is 14.2. The minimum Gasteiger partial charge on any atom is -0.444 e. The number of likely N-dealkylation sites (tertiary alicyclic amines) is 1. The molecular weight excluding hydrogens is 266 g/mol. The van der Waals surface area contributed by atoms with E-state index in [2.05, 4.69) is 22.4 Å². The molecule has 5 nitrogen and oxygen atoms in total. The van der Waals surface area contributed by atoms with E-state index in [1.165, 1.54) is 18.4 Å². The predicted octanol–water partition coefficient (Wildman–Crippen LogP) is 2.99. The van der Waals surface area contributed by atoms with Gasteiger partial charge in [0, 0.05) is 19.3 Å².